The molecule has 1 N–H and O–H groups in total. The molecule has 0 fully saturated rings. The Bertz CT molecular complexity index is 610. The van der Waals surface area contributed by atoms with Gasteiger partial charge in [0, 0.05) is 10.9 Å². The summed E-state index contributed by atoms with van der Waals surface area (Å²) in [6.07, 6.45) is 0. The van der Waals surface area contributed by atoms with Crippen molar-refractivity contribution in [3.8, 4) is 0 Å². The van der Waals surface area contributed by atoms with Crippen molar-refractivity contribution < 1.29 is 4.79 Å². The second-order valence-corrected chi connectivity index (χ2v) is 6.54. The van der Waals surface area contributed by atoms with Crippen molar-refractivity contribution in [3.63, 3.8) is 0 Å². The normalized spacial score (nSPS) is 12.0. The first kappa shape index (κ1) is 15.6. The number of carbonyl (C=O) groups is 1. The van der Waals surface area contributed by atoms with Crippen LogP contribution in [0.1, 0.15) is 28.9 Å². The Morgan fingerprint density at radius 1 is 1.10 bits per heavy atom. The molecule has 2 nitrogen and oxygen atoms in total. The molecule has 110 valence electrons. The van der Waals surface area contributed by atoms with Gasteiger partial charge in [0.1, 0.15) is 0 Å². The van der Waals surface area contributed by atoms with Crippen molar-refractivity contribution in [3.05, 3.63) is 65.2 Å². The lowest BCUT2D eigenvalue weighted by Crippen LogP contribution is -2.14. The van der Waals surface area contributed by atoms with Gasteiger partial charge in [-0.1, -0.05) is 36.4 Å². The van der Waals surface area contributed by atoms with Gasteiger partial charge in [-0.15, -0.1) is 11.8 Å². The lowest BCUT2D eigenvalue weighted by molar-refractivity contribution is -0.113. The standard InChI is InChI=1S/C18H21NOS/c1-13-9-10-17(11-14(13)2)19-18(20)12-21-15(3)16-7-5-4-6-8-16/h4-11,15H,12H2,1-3H3,(H,19,20)/t15-/m1/s1. The lowest BCUT2D eigenvalue weighted by atomic mass is 10.1. The SMILES string of the molecule is Cc1ccc(NC(=O)CS[C@H](C)c2ccccc2)cc1C. The lowest BCUT2D eigenvalue weighted by Gasteiger charge is -2.12. The molecule has 0 spiro atoms. The van der Waals surface area contributed by atoms with Crippen LogP contribution in [0.5, 0.6) is 0 Å². The third-order valence-corrected chi connectivity index (χ3v) is 4.73. The first-order valence-corrected chi connectivity index (χ1v) is 8.15. The molecule has 0 saturated carbocycles. The summed E-state index contributed by atoms with van der Waals surface area (Å²) in [5.41, 5.74) is 4.55. The molecule has 2 rings (SSSR count). The summed E-state index contributed by atoms with van der Waals surface area (Å²) >= 11 is 1.65. The maximum Gasteiger partial charge on any atom is 0.234 e. The molecule has 3 heteroatoms. The molecule has 21 heavy (non-hydrogen) atoms. The average Bonchev–Trinajstić information content (AvgIpc) is 2.49. The highest BCUT2D eigenvalue weighted by Gasteiger charge is 2.09. The maximum atomic E-state index is 12.0. The van der Waals surface area contributed by atoms with E-state index in [1.807, 2.05) is 36.4 Å². The maximum absolute atomic E-state index is 12.0. The molecule has 0 saturated heterocycles. The molecule has 0 aliphatic carbocycles. The summed E-state index contributed by atoms with van der Waals surface area (Å²) in [5.74, 6) is 0.509. The van der Waals surface area contributed by atoms with Gasteiger partial charge in [0.2, 0.25) is 5.91 Å². The largest absolute Gasteiger partial charge is 0.325 e. The number of hydrogen-bond acceptors (Lipinski definition) is 2. The number of aryl methyl sites for hydroxylation is 2. The van der Waals surface area contributed by atoms with Crippen molar-refractivity contribution in [1.29, 1.82) is 0 Å². The van der Waals surface area contributed by atoms with Crippen LogP contribution in [0.3, 0.4) is 0 Å². The number of nitrogens with one attached hydrogen (secondary N) is 1. The van der Waals surface area contributed by atoms with Crippen LogP contribution in [-0.4, -0.2) is 11.7 Å². The molecule has 0 heterocycles. The molecule has 0 aromatic heterocycles. The fourth-order valence-corrected chi connectivity index (χ4v) is 2.86. The number of rotatable bonds is 5. The quantitative estimate of drug-likeness (QED) is 0.864. The van der Waals surface area contributed by atoms with Crippen molar-refractivity contribution in [2.45, 2.75) is 26.0 Å². The smallest absolute Gasteiger partial charge is 0.234 e. The van der Waals surface area contributed by atoms with Gasteiger partial charge in [-0.05, 0) is 49.6 Å². The molecule has 0 bridgehead atoms. The third-order valence-electron chi connectivity index (χ3n) is 3.52. The zero-order valence-corrected chi connectivity index (χ0v) is 13.5. The Kier molecular flexibility index (Phi) is 5.45. The fraction of sp³-hybridized carbons (Fsp3) is 0.278. The average molecular weight is 299 g/mol. The predicted molar refractivity (Wildman–Crippen MR) is 91.9 cm³/mol. The Morgan fingerprint density at radius 2 is 1.81 bits per heavy atom. The summed E-state index contributed by atoms with van der Waals surface area (Å²) in [6, 6.07) is 16.3. The van der Waals surface area contributed by atoms with Gasteiger partial charge in [-0.3, -0.25) is 4.79 Å². The first-order valence-electron chi connectivity index (χ1n) is 7.10. The van der Waals surface area contributed by atoms with Crippen LogP contribution in [0, 0.1) is 13.8 Å². The van der Waals surface area contributed by atoms with Crippen LogP contribution >= 0.6 is 11.8 Å². The van der Waals surface area contributed by atoms with Crippen LogP contribution in [0.15, 0.2) is 48.5 Å². The molecule has 0 radical (unpaired) electrons. The zero-order chi connectivity index (χ0) is 15.2. The highest BCUT2D eigenvalue weighted by atomic mass is 32.2. The van der Waals surface area contributed by atoms with Crippen LogP contribution in [0.25, 0.3) is 0 Å². The summed E-state index contributed by atoms with van der Waals surface area (Å²) in [5, 5.41) is 3.27. The fourth-order valence-electron chi connectivity index (χ4n) is 2.04. The number of anilines is 1. The topological polar surface area (TPSA) is 29.1 Å². The van der Waals surface area contributed by atoms with E-state index in [4.69, 9.17) is 0 Å². The van der Waals surface area contributed by atoms with Gasteiger partial charge < -0.3 is 5.32 Å². The summed E-state index contributed by atoms with van der Waals surface area (Å²) in [6.45, 7) is 6.25. The molecule has 2 aromatic carbocycles. The van der Waals surface area contributed by atoms with E-state index in [1.165, 1.54) is 16.7 Å². The van der Waals surface area contributed by atoms with Crippen molar-refractivity contribution >= 4 is 23.4 Å². The van der Waals surface area contributed by atoms with E-state index in [-0.39, 0.29) is 5.91 Å². The number of carbonyl (C=O) groups excluding carboxylic acids is 1. The van der Waals surface area contributed by atoms with E-state index in [0.717, 1.165) is 5.69 Å². The van der Waals surface area contributed by atoms with Crippen molar-refractivity contribution in [2.75, 3.05) is 11.1 Å². The number of thioether (sulfide) groups is 1. The molecule has 0 unspecified atom stereocenters. The van der Waals surface area contributed by atoms with E-state index in [1.54, 1.807) is 11.8 Å². The highest BCUT2D eigenvalue weighted by molar-refractivity contribution is 8.00. The Morgan fingerprint density at radius 3 is 2.48 bits per heavy atom. The van der Waals surface area contributed by atoms with Gasteiger partial charge in [0.15, 0.2) is 0 Å². The van der Waals surface area contributed by atoms with Gasteiger partial charge in [-0.2, -0.15) is 0 Å². The Balaban J connectivity index is 1.86. The minimum atomic E-state index is 0.0473. The van der Waals surface area contributed by atoms with Gasteiger partial charge in [0.05, 0.1) is 5.75 Å². The summed E-state index contributed by atoms with van der Waals surface area (Å²) in [4.78, 5) is 12.0. The molecular formula is C18H21NOS. The van der Waals surface area contributed by atoms with Crippen LogP contribution < -0.4 is 5.32 Å². The number of amides is 1. The highest BCUT2D eigenvalue weighted by Crippen LogP contribution is 2.27. The molecule has 1 atom stereocenters. The van der Waals surface area contributed by atoms with Crippen LogP contribution in [-0.2, 0) is 4.79 Å². The minimum Gasteiger partial charge on any atom is -0.325 e. The van der Waals surface area contributed by atoms with E-state index in [2.05, 4.69) is 38.2 Å². The Labute approximate surface area is 131 Å². The van der Waals surface area contributed by atoms with Crippen LogP contribution in [0.4, 0.5) is 5.69 Å². The monoisotopic (exact) mass is 299 g/mol. The summed E-state index contributed by atoms with van der Waals surface area (Å²) in [7, 11) is 0. The Hall–Kier alpha value is -1.74. The van der Waals surface area contributed by atoms with Gasteiger partial charge in [0.25, 0.3) is 0 Å². The van der Waals surface area contributed by atoms with Crippen molar-refractivity contribution in [2.24, 2.45) is 0 Å². The van der Waals surface area contributed by atoms with E-state index < -0.39 is 0 Å². The molecular weight excluding hydrogens is 278 g/mol. The van der Waals surface area contributed by atoms with Gasteiger partial charge >= 0.3 is 0 Å². The number of benzene rings is 2. The molecule has 1 amide bonds. The second-order valence-electron chi connectivity index (χ2n) is 5.21. The second kappa shape index (κ2) is 7.32. The summed E-state index contributed by atoms with van der Waals surface area (Å²) < 4.78 is 0. The molecule has 2 aromatic rings. The van der Waals surface area contributed by atoms with E-state index >= 15 is 0 Å². The third kappa shape index (κ3) is 4.64. The van der Waals surface area contributed by atoms with Crippen molar-refractivity contribution in [1.82, 2.24) is 0 Å². The predicted octanol–water partition coefficient (Wildman–Crippen LogP) is 4.74. The zero-order valence-electron chi connectivity index (χ0n) is 12.7. The van der Waals surface area contributed by atoms with E-state index in [0.29, 0.717) is 11.0 Å². The van der Waals surface area contributed by atoms with Crippen LogP contribution in [0.2, 0.25) is 0 Å². The number of hydrogen-bond donors (Lipinski definition) is 1. The molecule has 0 aliphatic rings. The van der Waals surface area contributed by atoms with Gasteiger partial charge in [-0.25, -0.2) is 0 Å². The minimum absolute atomic E-state index is 0.0473. The van der Waals surface area contributed by atoms with E-state index in [9.17, 15) is 4.79 Å². The first-order chi connectivity index (χ1) is 10.1. The molecule has 0 aliphatic heterocycles.